The van der Waals surface area contributed by atoms with Crippen LogP contribution in [0.1, 0.15) is 12.5 Å². The zero-order valence-electron chi connectivity index (χ0n) is 10.8. The van der Waals surface area contributed by atoms with E-state index < -0.39 is 0 Å². The molecule has 0 saturated carbocycles. The third-order valence-corrected chi connectivity index (χ3v) is 3.36. The van der Waals surface area contributed by atoms with Gasteiger partial charge >= 0.3 is 0 Å². The van der Waals surface area contributed by atoms with Gasteiger partial charge in [-0.1, -0.05) is 36.4 Å². The topological polar surface area (TPSA) is 15.3 Å². The SMILES string of the molecule is CCNC(=S)N(C)Cc1ccc2ccccc2c1. The van der Waals surface area contributed by atoms with Gasteiger partial charge in [-0.2, -0.15) is 0 Å². The number of hydrogen-bond acceptors (Lipinski definition) is 1. The van der Waals surface area contributed by atoms with Crippen molar-refractivity contribution in [2.24, 2.45) is 0 Å². The molecule has 0 radical (unpaired) electrons. The van der Waals surface area contributed by atoms with Crippen molar-refractivity contribution >= 4 is 28.1 Å². The standard InChI is InChI=1S/C15H18N2S/c1-3-16-15(18)17(2)11-12-8-9-13-6-4-5-7-14(13)10-12/h4-10H,3,11H2,1-2H3,(H,16,18). The van der Waals surface area contributed by atoms with E-state index in [1.807, 2.05) is 7.05 Å². The molecule has 0 heterocycles. The van der Waals surface area contributed by atoms with E-state index in [1.165, 1.54) is 16.3 Å². The number of fused-ring (bicyclic) bond motifs is 1. The van der Waals surface area contributed by atoms with Crippen LogP contribution in [-0.2, 0) is 6.54 Å². The predicted molar refractivity (Wildman–Crippen MR) is 81.7 cm³/mol. The van der Waals surface area contributed by atoms with Gasteiger partial charge in [0, 0.05) is 20.1 Å². The van der Waals surface area contributed by atoms with E-state index in [9.17, 15) is 0 Å². The van der Waals surface area contributed by atoms with Gasteiger partial charge in [-0.15, -0.1) is 0 Å². The van der Waals surface area contributed by atoms with E-state index in [4.69, 9.17) is 12.2 Å². The molecule has 2 nitrogen and oxygen atoms in total. The van der Waals surface area contributed by atoms with Crippen LogP contribution in [0.5, 0.6) is 0 Å². The lowest BCUT2D eigenvalue weighted by Crippen LogP contribution is -2.36. The molecule has 0 amide bonds. The van der Waals surface area contributed by atoms with Gasteiger partial charge in [-0.05, 0) is 41.5 Å². The molecule has 0 aliphatic carbocycles. The lowest BCUT2D eigenvalue weighted by atomic mass is 10.1. The smallest absolute Gasteiger partial charge is 0.168 e. The Morgan fingerprint density at radius 1 is 1.17 bits per heavy atom. The number of thiocarbonyl (C=S) groups is 1. The maximum absolute atomic E-state index is 5.29. The van der Waals surface area contributed by atoms with Gasteiger partial charge in [0.15, 0.2) is 5.11 Å². The Bertz CT molecular complexity index is 551. The van der Waals surface area contributed by atoms with Crippen molar-refractivity contribution in [2.45, 2.75) is 13.5 Å². The Morgan fingerprint density at radius 2 is 1.89 bits per heavy atom. The van der Waals surface area contributed by atoms with Crippen LogP contribution in [0, 0.1) is 0 Å². The fourth-order valence-electron chi connectivity index (χ4n) is 1.97. The summed E-state index contributed by atoms with van der Waals surface area (Å²) in [5.74, 6) is 0. The molecule has 0 saturated heterocycles. The van der Waals surface area contributed by atoms with Crippen LogP contribution in [0.15, 0.2) is 42.5 Å². The van der Waals surface area contributed by atoms with Crippen LogP contribution in [0.25, 0.3) is 10.8 Å². The molecule has 0 spiro atoms. The predicted octanol–water partition coefficient (Wildman–Crippen LogP) is 3.17. The first-order chi connectivity index (χ1) is 8.70. The number of nitrogens with zero attached hydrogens (tertiary/aromatic N) is 1. The van der Waals surface area contributed by atoms with Crippen molar-refractivity contribution in [3.8, 4) is 0 Å². The summed E-state index contributed by atoms with van der Waals surface area (Å²) in [6.45, 7) is 3.74. The highest BCUT2D eigenvalue weighted by Crippen LogP contribution is 2.16. The number of hydrogen-bond donors (Lipinski definition) is 1. The Hall–Kier alpha value is -1.61. The molecule has 2 aromatic rings. The molecule has 0 aliphatic heterocycles. The van der Waals surface area contributed by atoms with Crippen molar-refractivity contribution in [1.82, 2.24) is 10.2 Å². The molecule has 3 heteroatoms. The summed E-state index contributed by atoms with van der Waals surface area (Å²) in [5, 5.41) is 6.51. The Balaban J connectivity index is 2.14. The quantitative estimate of drug-likeness (QED) is 0.851. The maximum Gasteiger partial charge on any atom is 0.168 e. The molecular formula is C15H18N2S. The van der Waals surface area contributed by atoms with Gasteiger partial charge in [-0.3, -0.25) is 0 Å². The summed E-state index contributed by atoms with van der Waals surface area (Å²) in [6.07, 6.45) is 0. The second-order valence-electron chi connectivity index (χ2n) is 4.37. The third kappa shape index (κ3) is 2.99. The van der Waals surface area contributed by atoms with E-state index in [2.05, 4.69) is 59.6 Å². The zero-order chi connectivity index (χ0) is 13.0. The second kappa shape index (κ2) is 5.83. The van der Waals surface area contributed by atoms with Crippen molar-refractivity contribution in [3.63, 3.8) is 0 Å². The van der Waals surface area contributed by atoms with Crippen LogP contribution < -0.4 is 5.32 Å². The summed E-state index contributed by atoms with van der Waals surface area (Å²) in [5.41, 5.74) is 1.27. The first-order valence-electron chi connectivity index (χ1n) is 6.17. The van der Waals surface area contributed by atoms with Crippen LogP contribution in [0.3, 0.4) is 0 Å². The normalized spacial score (nSPS) is 10.3. The van der Waals surface area contributed by atoms with Crippen LogP contribution >= 0.6 is 12.2 Å². The minimum absolute atomic E-state index is 0.797. The summed E-state index contributed by atoms with van der Waals surface area (Å²) in [7, 11) is 2.01. The molecule has 2 aromatic carbocycles. The molecule has 18 heavy (non-hydrogen) atoms. The summed E-state index contributed by atoms with van der Waals surface area (Å²) in [6, 6.07) is 14.9. The van der Waals surface area contributed by atoms with Gasteiger partial charge < -0.3 is 10.2 Å². The average molecular weight is 258 g/mol. The summed E-state index contributed by atoms with van der Waals surface area (Å²) in [4.78, 5) is 2.06. The summed E-state index contributed by atoms with van der Waals surface area (Å²) >= 11 is 5.29. The van der Waals surface area contributed by atoms with Crippen LogP contribution in [0.4, 0.5) is 0 Å². The molecule has 0 aromatic heterocycles. The Kier molecular flexibility index (Phi) is 4.15. The lowest BCUT2D eigenvalue weighted by Gasteiger charge is -2.20. The van der Waals surface area contributed by atoms with Crippen molar-refractivity contribution in [1.29, 1.82) is 0 Å². The molecule has 0 atom stereocenters. The van der Waals surface area contributed by atoms with Gasteiger partial charge in [0.25, 0.3) is 0 Å². The fourth-order valence-corrected chi connectivity index (χ4v) is 2.18. The maximum atomic E-state index is 5.29. The zero-order valence-corrected chi connectivity index (χ0v) is 11.6. The first-order valence-corrected chi connectivity index (χ1v) is 6.58. The number of rotatable bonds is 3. The molecule has 0 unspecified atom stereocenters. The van der Waals surface area contributed by atoms with Crippen molar-refractivity contribution in [3.05, 3.63) is 48.0 Å². The third-order valence-electron chi connectivity index (χ3n) is 2.91. The Morgan fingerprint density at radius 3 is 2.61 bits per heavy atom. The molecule has 0 bridgehead atoms. The van der Waals surface area contributed by atoms with E-state index >= 15 is 0 Å². The minimum atomic E-state index is 0.797. The largest absolute Gasteiger partial charge is 0.363 e. The molecule has 0 fully saturated rings. The first kappa shape index (κ1) is 12.8. The van der Waals surface area contributed by atoms with Crippen molar-refractivity contribution in [2.75, 3.05) is 13.6 Å². The van der Waals surface area contributed by atoms with Gasteiger partial charge in [0.1, 0.15) is 0 Å². The van der Waals surface area contributed by atoms with Crippen molar-refractivity contribution < 1.29 is 0 Å². The van der Waals surface area contributed by atoms with Crippen LogP contribution in [0.2, 0.25) is 0 Å². The van der Waals surface area contributed by atoms with Gasteiger partial charge in [-0.25, -0.2) is 0 Å². The number of nitrogens with one attached hydrogen (secondary N) is 1. The number of benzene rings is 2. The van der Waals surface area contributed by atoms with E-state index in [-0.39, 0.29) is 0 Å². The monoisotopic (exact) mass is 258 g/mol. The summed E-state index contributed by atoms with van der Waals surface area (Å²) < 4.78 is 0. The molecular weight excluding hydrogens is 240 g/mol. The molecule has 0 aliphatic rings. The molecule has 2 rings (SSSR count). The fraction of sp³-hybridized carbons (Fsp3) is 0.267. The second-order valence-corrected chi connectivity index (χ2v) is 4.76. The lowest BCUT2D eigenvalue weighted by molar-refractivity contribution is 0.491. The highest BCUT2D eigenvalue weighted by molar-refractivity contribution is 7.80. The minimum Gasteiger partial charge on any atom is -0.363 e. The molecule has 94 valence electrons. The highest BCUT2D eigenvalue weighted by atomic mass is 32.1. The highest BCUT2D eigenvalue weighted by Gasteiger charge is 2.04. The molecule has 1 N–H and O–H groups in total. The van der Waals surface area contributed by atoms with Gasteiger partial charge in [0.05, 0.1) is 0 Å². The van der Waals surface area contributed by atoms with E-state index in [0.29, 0.717) is 0 Å². The Labute approximate surface area is 114 Å². The van der Waals surface area contributed by atoms with Crippen LogP contribution in [-0.4, -0.2) is 23.6 Å². The van der Waals surface area contributed by atoms with E-state index in [0.717, 1.165) is 18.2 Å². The average Bonchev–Trinajstić information content (AvgIpc) is 2.39. The van der Waals surface area contributed by atoms with Gasteiger partial charge in [0.2, 0.25) is 0 Å². The van der Waals surface area contributed by atoms with E-state index in [1.54, 1.807) is 0 Å².